The zero-order valence-electron chi connectivity index (χ0n) is 12.8. The highest BCUT2D eigenvalue weighted by atomic mass is 32.2. The van der Waals surface area contributed by atoms with Gasteiger partial charge in [-0.2, -0.15) is 0 Å². The van der Waals surface area contributed by atoms with E-state index in [4.69, 9.17) is 4.74 Å². The van der Waals surface area contributed by atoms with Crippen LogP contribution in [0.1, 0.15) is 36.9 Å². The van der Waals surface area contributed by atoms with Crippen molar-refractivity contribution < 1.29 is 13.2 Å². The van der Waals surface area contributed by atoms with E-state index in [1.807, 2.05) is 19.1 Å². The van der Waals surface area contributed by atoms with Crippen molar-refractivity contribution in [3.05, 3.63) is 29.3 Å². The van der Waals surface area contributed by atoms with E-state index in [2.05, 4.69) is 18.3 Å². The summed E-state index contributed by atoms with van der Waals surface area (Å²) in [6, 6.07) is 6.07. The fourth-order valence-corrected chi connectivity index (χ4v) is 2.82. The highest BCUT2D eigenvalue weighted by Crippen LogP contribution is 2.24. The molecule has 0 aromatic heterocycles. The molecule has 0 aliphatic rings. The van der Waals surface area contributed by atoms with Crippen molar-refractivity contribution in [1.82, 2.24) is 5.32 Å². The van der Waals surface area contributed by atoms with Gasteiger partial charge in [0.05, 0.1) is 12.9 Å². The Kier molecular flexibility index (Phi) is 6.49. The Labute approximate surface area is 122 Å². The molecule has 114 valence electrons. The molecule has 1 rings (SSSR count). The van der Waals surface area contributed by atoms with E-state index >= 15 is 0 Å². The van der Waals surface area contributed by atoms with Gasteiger partial charge in [0.1, 0.15) is 15.6 Å². The zero-order valence-corrected chi connectivity index (χ0v) is 13.6. The Balaban J connectivity index is 2.89. The molecule has 0 heterocycles. The summed E-state index contributed by atoms with van der Waals surface area (Å²) in [7, 11) is -1.29. The molecule has 0 bridgehead atoms. The third-order valence-corrected chi connectivity index (χ3v) is 4.22. The van der Waals surface area contributed by atoms with Gasteiger partial charge in [0.25, 0.3) is 0 Å². The van der Waals surface area contributed by atoms with Gasteiger partial charge in [0, 0.05) is 12.3 Å². The molecule has 0 saturated heterocycles. The van der Waals surface area contributed by atoms with Crippen molar-refractivity contribution in [2.75, 3.05) is 25.7 Å². The maximum Gasteiger partial charge on any atom is 0.147 e. The summed E-state index contributed by atoms with van der Waals surface area (Å²) < 4.78 is 28.0. The van der Waals surface area contributed by atoms with Crippen LogP contribution in [0.25, 0.3) is 0 Å². The van der Waals surface area contributed by atoms with Crippen molar-refractivity contribution in [3.8, 4) is 5.75 Å². The summed E-state index contributed by atoms with van der Waals surface area (Å²) in [4.78, 5) is 0. The molecule has 0 spiro atoms. The van der Waals surface area contributed by atoms with Crippen LogP contribution in [0.5, 0.6) is 5.75 Å². The normalized spacial score (nSPS) is 13.2. The Morgan fingerprint density at radius 3 is 2.55 bits per heavy atom. The molecule has 1 N–H and O–H groups in total. The number of hydrogen-bond donors (Lipinski definition) is 1. The van der Waals surface area contributed by atoms with Crippen molar-refractivity contribution in [2.45, 2.75) is 32.7 Å². The number of benzene rings is 1. The molecule has 0 aliphatic carbocycles. The Hall–Kier alpha value is -1.07. The van der Waals surface area contributed by atoms with Crippen molar-refractivity contribution in [1.29, 1.82) is 0 Å². The monoisotopic (exact) mass is 299 g/mol. The lowest BCUT2D eigenvalue weighted by atomic mass is 10.0. The molecule has 1 aromatic rings. The molecule has 0 aliphatic heterocycles. The number of ether oxygens (including phenoxy) is 1. The van der Waals surface area contributed by atoms with Crippen LogP contribution in [0.4, 0.5) is 0 Å². The van der Waals surface area contributed by atoms with Gasteiger partial charge < -0.3 is 10.1 Å². The van der Waals surface area contributed by atoms with Crippen LogP contribution in [-0.4, -0.2) is 34.1 Å². The maximum absolute atomic E-state index is 11.4. The number of methoxy groups -OCH3 is 1. The van der Waals surface area contributed by atoms with E-state index in [0.29, 0.717) is 6.42 Å². The molecule has 5 heteroatoms. The minimum atomic E-state index is -2.94. The number of rotatable bonds is 8. The molecular weight excluding hydrogens is 274 g/mol. The predicted molar refractivity (Wildman–Crippen MR) is 83.1 cm³/mol. The first-order chi connectivity index (χ1) is 9.37. The van der Waals surface area contributed by atoms with Crippen molar-refractivity contribution in [2.24, 2.45) is 0 Å². The highest BCUT2D eigenvalue weighted by molar-refractivity contribution is 7.90. The van der Waals surface area contributed by atoms with Gasteiger partial charge in [-0.15, -0.1) is 0 Å². The van der Waals surface area contributed by atoms with Gasteiger partial charge in [-0.05, 0) is 43.5 Å². The lowest BCUT2D eigenvalue weighted by molar-refractivity contribution is 0.411. The average molecular weight is 299 g/mol. The van der Waals surface area contributed by atoms with Gasteiger partial charge in [-0.3, -0.25) is 0 Å². The molecule has 0 fully saturated rings. The summed E-state index contributed by atoms with van der Waals surface area (Å²) >= 11 is 0. The van der Waals surface area contributed by atoms with Crippen molar-refractivity contribution >= 4 is 9.84 Å². The minimum Gasteiger partial charge on any atom is -0.496 e. The van der Waals surface area contributed by atoms with Crippen LogP contribution in [0.3, 0.4) is 0 Å². The minimum absolute atomic E-state index is 0.0641. The van der Waals surface area contributed by atoms with E-state index in [9.17, 15) is 8.42 Å². The number of hydrogen-bond acceptors (Lipinski definition) is 4. The van der Waals surface area contributed by atoms with E-state index in [-0.39, 0.29) is 11.8 Å². The fourth-order valence-electron chi connectivity index (χ4n) is 2.16. The molecule has 20 heavy (non-hydrogen) atoms. The molecule has 1 aromatic carbocycles. The van der Waals surface area contributed by atoms with Gasteiger partial charge in [0.15, 0.2) is 0 Å². The Morgan fingerprint density at radius 2 is 2.05 bits per heavy atom. The standard InChI is InChI=1S/C15H25NO3S/c1-5-9-16-14(8-10-20(4,17)18)13-6-7-15(19-3)12(2)11-13/h6-7,11,14,16H,5,8-10H2,1-4H3. The SMILES string of the molecule is CCCNC(CCS(C)(=O)=O)c1ccc(OC)c(C)c1. The Morgan fingerprint density at radius 1 is 1.35 bits per heavy atom. The fraction of sp³-hybridized carbons (Fsp3) is 0.600. The lowest BCUT2D eigenvalue weighted by Crippen LogP contribution is -2.24. The number of nitrogens with one attached hydrogen (secondary N) is 1. The Bertz CT molecular complexity index is 526. The molecule has 0 saturated carbocycles. The first-order valence-electron chi connectivity index (χ1n) is 6.93. The van der Waals surface area contributed by atoms with E-state index in [1.165, 1.54) is 6.26 Å². The second-order valence-electron chi connectivity index (χ2n) is 5.15. The van der Waals surface area contributed by atoms with E-state index in [1.54, 1.807) is 7.11 Å². The second-order valence-corrected chi connectivity index (χ2v) is 7.41. The summed E-state index contributed by atoms with van der Waals surface area (Å²) in [5, 5.41) is 3.42. The zero-order chi connectivity index (χ0) is 15.2. The van der Waals surface area contributed by atoms with Gasteiger partial charge in [0.2, 0.25) is 0 Å². The first kappa shape index (κ1) is 17.0. The average Bonchev–Trinajstić information content (AvgIpc) is 2.37. The second kappa shape index (κ2) is 7.64. The highest BCUT2D eigenvalue weighted by Gasteiger charge is 2.15. The topological polar surface area (TPSA) is 55.4 Å². The van der Waals surface area contributed by atoms with Crippen molar-refractivity contribution in [3.63, 3.8) is 0 Å². The molecular formula is C15H25NO3S. The predicted octanol–water partition coefficient (Wildman–Crippen LogP) is 2.48. The van der Waals surface area contributed by atoms with Crippen LogP contribution in [0, 0.1) is 6.92 Å². The van der Waals surface area contributed by atoms with Crippen LogP contribution < -0.4 is 10.1 Å². The van der Waals surface area contributed by atoms with E-state index in [0.717, 1.165) is 29.8 Å². The molecule has 1 atom stereocenters. The summed E-state index contributed by atoms with van der Waals surface area (Å²) in [6.07, 6.45) is 2.89. The number of sulfone groups is 1. The number of aryl methyl sites for hydroxylation is 1. The quantitative estimate of drug-likeness (QED) is 0.801. The third kappa shape index (κ3) is 5.51. The van der Waals surface area contributed by atoms with Gasteiger partial charge in [-0.1, -0.05) is 19.1 Å². The largest absolute Gasteiger partial charge is 0.496 e. The van der Waals surface area contributed by atoms with Crippen LogP contribution in [-0.2, 0) is 9.84 Å². The summed E-state index contributed by atoms with van der Waals surface area (Å²) in [5.41, 5.74) is 2.17. The third-order valence-electron chi connectivity index (χ3n) is 3.24. The smallest absolute Gasteiger partial charge is 0.147 e. The van der Waals surface area contributed by atoms with Crippen LogP contribution in [0.2, 0.25) is 0 Å². The first-order valence-corrected chi connectivity index (χ1v) is 8.99. The lowest BCUT2D eigenvalue weighted by Gasteiger charge is -2.20. The van der Waals surface area contributed by atoms with Crippen LogP contribution in [0.15, 0.2) is 18.2 Å². The van der Waals surface area contributed by atoms with Gasteiger partial charge >= 0.3 is 0 Å². The molecule has 0 amide bonds. The maximum atomic E-state index is 11.4. The molecule has 0 radical (unpaired) electrons. The van der Waals surface area contributed by atoms with E-state index < -0.39 is 9.84 Å². The summed E-state index contributed by atoms with van der Waals surface area (Å²) in [6.45, 7) is 4.97. The van der Waals surface area contributed by atoms with Gasteiger partial charge in [-0.25, -0.2) is 8.42 Å². The summed E-state index contributed by atoms with van der Waals surface area (Å²) in [5.74, 6) is 1.05. The van der Waals surface area contributed by atoms with Crippen LogP contribution >= 0.6 is 0 Å². The molecule has 1 unspecified atom stereocenters. The molecule has 4 nitrogen and oxygen atoms in total.